The molecule has 0 spiro atoms. The second-order valence-corrected chi connectivity index (χ2v) is 4.23. The first-order valence-electron chi connectivity index (χ1n) is 6.03. The predicted octanol–water partition coefficient (Wildman–Crippen LogP) is 1.58. The number of nitrogens with one attached hydrogen (secondary N) is 2. The van der Waals surface area contributed by atoms with Gasteiger partial charge >= 0.3 is 5.97 Å². The summed E-state index contributed by atoms with van der Waals surface area (Å²) in [5.41, 5.74) is 7.93. The molecule has 1 aliphatic heterocycles. The number of aromatic carboxylic acids is 1. The molecule has 6 heteroatoms. The van der Waals surface area contributed by atoms with Gasteiger partial charge in [-0.15, -0.1) is 5.10 Å². The smallest absolute Gasteiger partial charge is 0.335 e. The predicted molar refractivity (Wildman–Crippen MR) is 75.1 cm³/mol. The molecule has 0 atom stereocenters. The average molecular weight is 268 g/mol. The number of anilines is 1. The summed E-state index contributed by atoms with van der Waals surface area (Å²) in [6.07, 6.45) is 0. The highest BCUT2D eigenvalue weighted by Crippen LogP contribution is 2.13. The second-order valence-electron chi connectivity index (χ2n) is 4.23. The molecule has 2 aromatic carbocycles. The van der Waals surface area contributed by atoms with E-state index in [0.717, 1.165) is 11.3 Å². The third kappa shape index (κ3) is 2.26. The van der Waals surface area contributed by atoms with Crippen LogP contribution in [0, 0.1) is 0 Å². The van der Waals surface area contributed by atoms with E-state index in [-0.39, 0.29) is 5.56 Å². The Balaban J connectivity index is 1.75. The van der Waals surface area contributed by atoms with Gasteiger partial charge in [-0.25, -0.2) is 4.79 Å². The van der Waals surface area contributed by atoms with E-state index >= 15 is 0 Å². The van der Waals surface area contributed by atoms with E-state index in [0.29, 0.717) is 5.84 Å². The Morgan fingerprint density at radius 2 is 1.75 bits per heavy atom. The molecule has 3 N–H and O–H groups in total. The lowest BCUT2D eigenvalue weighted by molar-refractivity contribution is 0.0697. The Morgan fingerprint density at radius 1 is 1.05 bits per heavy atom. The Hall–Kier alpha value is -3.02. The van der Waals surface area contributed by atoms with Crippen molar-refractivity contribution in [1.29, 1.82) is 0 Å². The number of amidine groups is 1. The van der Waals surface area contributed by atoms with Gasteiger partial charge in [-0.2, -0.15) is 10.7 Å². The highest BCUT2D eigenvalue weighted by atomic mass is 16.4. The van der Waals surface area contributed by atoms with Gasteiger partial charge in [0.1, 0.15) is 0 Å². The van der Waals surface area contributed by atoms with Crippen molar-refractivity contribution in [3.05, 3.63) is 65.7 Å². The van der Waals surface area contributed by atoms with Crippen molar-refractivity contribution in [2.45, 2.75) is 0 Å². The van der Waals surface area contributed by atoms with Crippen LogP contribution >= 0.6 is 0 Å². The monoisotopic (exact) mass is 268 g/mol. The molecule has 0 aromatic heterocycles. The first-order valence-corrected chi connectivity index (χ1v) is 6.03. The minimum Gasteiger partial charge on any atom is -0.478 e. The largest absolute Gasteiger partial charge is 0.478 e. The topological polar surface area (TPSA) is 77.0 Å². The number of hydrazine groups is 2. The zero-order valence-electron chi connectivity index (χ0n) is 10.4. The Labute approximate surface area is 115 Å². The van der Waals surface area contributed by atoms with Crippen molar-refractivity contribution in [2.75, 3.05) is 5.12 Å². The van der Waals surface area contributed by atoms with E-state index in [1.54, 1.807) is 29.4 Å². The maximum absolute atomic E-state index is 10.8. The fourth-order valence-corrected chi connectivity index (χ4v) is 1.86. The second kappa shape index (κ2) is 4.93. The summed E-state index contributed by atoms with van der Waals surface area (Å²) in [5, 5.41) is 14.7. The van der Waals surface area contributed by atoms with Crippen molar-refractivity contribution in [1.82, 2.24) is 11.0 Å². The van der Waals surface area contributed by atoms with E-state index < -0.39 is 5.97 Å². The molecule has 100 valence electrons. The van der Waals surface area contributed by atoms with Crippen molar-refractivity contribution in [3.63, 3.8) is 0 Å². The quantitative estimate of drug-likeness (QED) is 0.787. The molecule has 20 heavy (non-hydrogen) atoms. The lowest BCUT2D eigenvalue weighted by Crippen LogP contribution is -2.41. The number of carboxylic acid groups (broad SMARTS) is 1. The standard InChI is InChI=1S/C14H12N4O2/c19-14(20)11-8-6-10(7-9-11)13-15-17-18(16-13)12-4-2-1-3-5-12/h1-9,17H,(H,15,16)(H,19,20). The van der Waals surface area contributed by atoms with Gasteiger partial charge < -0.3 is 5.11 Å². The Bertz CT molecular complexity index is 653. The number of carboxylic acids is 1. The highest BCUT2D eigenvalue weighted by Gasteiger charge is 2.16. The van der Waals surface area contributed by atoms with Gasteiger partial charge in [0.05, 0.1) is 11.3 Å². The molecule has 0 bridgehead atoms. The number of hydrogen-bond acceptors (Lipinski definition) is 5. The highest BCUT2D eigenvalue weighted by molar-refractivity contribution is 6.01. The molecule has 0 saturated heterocycles. The van der Waals surface area contributed by atoms with Crippen molar-refractivity contribution in [3.8, 4) is 0 Å². The number of hydrazone groups is 1. The first-order chi connectivity index (χ1) is 9.74. The maximum atomic E-state index is 10.8. The molecule has 0 unspecified atom stereocenters. The van der Waals surface area contributed by atoms with Gasteiger partial charge in [-0.3, -0.25) is 5.43 Å². The van der Waals surface area contributed by atoms with Crippen LogP contribution in [0.4, 0.5) is 5.69 Å². The van der Waals surface area contributed by atoms with Crippen molar-refractivity contribution >= 4 is 17.5 Å². The van der Waals surface area contributed by atoms with Gasteiger partial charge in [-0.05, 0) is 24.3 Å². The van der Waals surface area contributed by atoms with E-state index in [1.165, 1.54) is 0 Å². The Kier molecular flexibility index (Phi) is 2.96. The summed E-state index contributed by atoms with van der Waals surface area (Å²) in [6, 6.07) is 16.2. The first kappa shape index (κ1) is 12.0. The third-order valence-electron chi connectivity index (χ3n) is 2.90. The van der Waals surface area contributed by atoms with E-state index in [9.17, 15) is 4.79 Å². The number of para-hydroxylation sites is 1. The van der Waals surface area contributed by atoms with Gasteiger partial charge in [0.2, 0.25) is 0 Å². The summed E-state index contributed by atoms with van der Waals surface area (Å²) in [7, 11) is 0. The van der Waals surface area contributed by atoms with Crippen molar-refractivity contribution < 1.29 is 9.90 Å². The number of hydrogen-bond donors (Lipinski definition) is 3. The van der Waals surface area contributed by atoms with Crippen molar-refractivity contribution in [2.24, 2.45) is 5.10 Å². The van der Waals surface area contributed by atoms with Crippen LogP contribution in [-0.4, -0.2) is 16.9 Å². The van der Waals surface area contributed by atoms with Crippen LogP contribution in [-0.2, 0) is 0 Å². The van der Waals surface area contributed by atoms with Crippen LogP contribution in [0.25, 0.3) is 0 Å². The SMILES string of the molecule is O=C(O)c1ccc(C2=NNN(c3ccccc3)N2)cc1. The lowest BCUT2D eigenvalue weighted by atomic mass is 10.1. The van der Waals surface area contributed by atoms with Gasteiger partial charge in [0.25, 0.3) is 0 Å². The lowest BCUT2D eigenvalue weighted by Gasteiger charge is -2.17. The number of benzene rings is 2. The molecule has 1 heterocycles. The van der Waals surface area contributed by atoms with Gasteiger partial charge in [0, 0.05) is 5.56 Å². The van der Waals surface area contributed by atoms with Crippen LogP contribution in [0.15, 0.2) is 59.7 Å². The van der Waals surface area contributed by atoms with Crippen LogP contribution in [0.1, 0.15) is 15.9 Å². The minimum atomic E-state index is -0.943. The zero-order valence-corrected chi connectivity index (χ0v) is 10.4. The normalized spacial score (nSPS) is 13.4. The molecule has 0 saturated carbocycles. The van der Waals surface area contributed by atoms with Crippen LogP contribution in [0.2, 0.25) is 0 Å². The molecule has 0 fully saturated rings. The fourth-order valence-electron chi connectivity index (χ4n) is 1.86. The molecule has 3 rings (SSSR count). The molecule has 6 nitrogen and oxygen atoms in total. The number of carbonyl (C=O) groups is 1. The summed E-state index contributed by atoms with van der Waals surface area (Å²) in [6.45, 7) is 0. The molecule has 0 radical (unpaired) electrons. The molecule has 2 aromatic rings. The number of nitrogens with zero attached hydrogens (tertiary/aromatic N) is 2. The molecule has 0 aliphatic carbocycles. The molecule has 0 amide bonds. The third-order valence-corrected chi connectivity index (χ3v) is 2.90. The van der Waals surface area contributed by atoms with Gasteiger partial charge in [-0.1, -0.05) is 30.3 Å². The fraction of sp³-hybridized carbons (Fsp3) is 0. The van der Waals surface area contributed by atoms with Crippen LogP contribution in [0.3, 0.4) is 0 Å². The molecular weight excluding hydrogens is 256 g/mol. The summed E-state index contributed by atoms with van der Waals surface area (Å²) < 4.78 is 0. The number of rotatable bonds is 3. The van der Waals surface area contributed by atoms with Gasteiger partial charge in [0.15, 0.2) is 5.84 Å². The average Bonchev–Trinajstić information content (AvgIpc) is 2.98. The summed E-state index contributed by atoms with van der Waals surface area (Å²) >= 11 is 0. The molecular formula is C14H12N4O2. The van der Waals surface area contributed by atoms with E-state index in [1.807, 2.05) is 30.3 Å². The summed E-state index contributed by atoms with van der Waals surface area (Å²) in [5.74, 6) is -0.312. The summed E-state index contributed by atoms with van der Waals surface area (Å²) in [4.78, 5) is 10.8. The van der Waals surface area contributed by atoms with Crippen LogP contribution < -0.4 is 16.1 Å². The Morgan fingerprint density at radius 3 is 2.40 bits per heavy atom. The van der Waals surface area contributed by atoms with Crippen LogP contribution in [0.5, 0.6) is 0 Å². The zero-order chi connectivity index (χ0) is 13.9. The van der Waals surface area contributed by atoms with E-state index in [4.69, 9.17) is 5.11 Å². The molecule has 1 aliphatic rings. The minimum absolute atomic E-state index is 0.250. The van der Waals surface area contributed by atoms with E-state index in [2.05, 4.69) is 16.1 Å². The maximum Gasteiger partial charge on any atom is 0.335 e.